The van der Waals surface area contributed by atoms with Gasteiger partial charge < -0.3 is 51.0 Å². The Morgan fingerprint density at radius 1 is 0.886 bits per heavy atom. The number of hydrogen-bond donors (Lipinski definition) is 7. The zero-order valence-corrected chi connectivity index (χ0v) is 44.9. The van der Waals surface area contributed by atoms with Gasteiger partial charge in [0.25, 0.3) is 5.56 Å². The van der Waals surface area contributed by atoms with Crippen LogP contribution in [0.25, 0.3) is 22.3 Å². The van der Waals surface area contributed by atoms with Gasteiger partial charge in [-0.05, 0) is 72.8 Å². The fourth-order valence-corrected chi connectivity index (χ4v) is 10.7. The van der Waals surface area contributed by atoms with Crippen LogP contribution in [0.2, 0.25) is 0 Å². The standard InChI is InChI=1S/C56H66FN9O13/c1-6-56(77)35-20-41-50-33(26-66(41)52(74)34(35)27-79-54(56)76)49-38(17-16-32-30(2)37(57)22-39(64-50)48(32)49)62-46(71)28-78-29-61-44(69)24-60-51(73)40(19-31-13-9-7-10-14-31)63-45(70)25-59-43(68)23-58-42(67)15-11-8-12-18-65-47(72)21-36(53(65)75)55(3,4)5/h7,9-10,13-14,20,22,36,38,40,77H,6,8,11-12,15-19,21,23-29H2,1-5H3,(H,58,67)(H,59,68)(H,60,73)(H,61,69)(H,62,71)(H,63,70)/t36?,38-,40?,56-/m0/s1. The number of aryl methyl sites for hydroxylation is 1. The van der Waals surface area contributed by atoms with Crippen LogP contribution in [-0.4, -0.2) is 118 Å². The summed E-state index contributed by atoms with van der Waals surface area (Å²) in [6.07, 6.45) is 2.66. The first-order chi connectivity index (χ1) is 37.6. The van der Waals surface area contributed by atoms with E-state index in [0.29, 0.717) is 76.6 Å². The molecule has 420 valence electrons. The number of ether oxygens (including phenoxy) is 2. The Labute approximate surface area is 454 Å². The Morgan fingerprint density at radius 2 is 1.59 bits per heavy atom. The lowest BCUT2D eigenvalue weighted by molar-refractivity contribution is -0.172. The number of carbonyl (C=O) groups excluding carboxylic acids is 9. The number of esters is 1. The molecular formula is C56H66FN9O13. The number of halogens is 1. The predicted molar refractivity (Wildman–Crippen MR) is 281 cm³/mol. The number of hydrogen-bond acceptors (Lipinski definition) is 14. The van der Waals surface area contributed by atoms with E-state index in [1.165, 1.54) is 15.5 Å². The number of aliphatic hydroxyl groups is 1. The Bertz CT molecular complexity index is 3190. The zero-order chi connectivity index (χ0) is 56.9. The zero-order valence-electron chi connectivity index (χ0n) is 44.9. The summed E-state index contributed by atoms with van der Waals surface area (Å²) in [6.45, 7) is 6.72. The van der Waals surface area contributed by atoms with Gasteiger partial charge in [0.2, 0.25) is 47.3 Å². The average Bonchev–Trinajstić information content (AvgIpc) is 4.20. The van der Waals surface area contributed by atoms with E-state index >= 15 is 4.39 Å². The topological polar surface area (TPSA) is 303 Å². The number of fused-ring (bicyclic) bond motifs is 5. The second-order valence-electron chi connectivity index (χ2n) is 21.5. The lowest BCUT2D eigenvalue weighted by atomic mass is 9.80. The van der Waals surface area contributed by atoms with Crippen molar-refractivity contribution in [3.63, 3.8) is 0 Å². The van der Waals surface area contributed by atoms with E-state index < -0.39 is 103 Å². The highest BCUT2D eigenvalue weighted by molar-refractivity contribution is 6.04. The maximum atomic E-state index is 15.4. The molecule has 4 aromatic rings. The van der Waals surface area contributed by atoms with Crippen molar-refractivity contribution in [1.29, 1.82) is 0 Å². The lowest BCUT2D eigenvalue weighted by Gasteiger charge is -2.31. The minimum absolute atomic E-state index is 0.0371. The van der Waals surface area contributed by atoms with Crippen molar-refractivity contribution in [2.24, 2.45) is 11.3 Å². The normalized spacial score (nSPS) is 18.5. The van der Waals surface area contributed by atoms with Crippen molar-refractivity contribution in [3.8, 4) is 11.4 Å². The quantitative estimate of drug-likeness (QED) is 0.0225. The Kier molecular flexibility index (Phi) is 17.4. The van der Waals surface area contributed by atoms with Crippen molar-refractivity contribution in [1.82, 2.24) is 46.4 Å². The third kappa shape index (κ3) is 12.5. The molecule has 1 aliphatic carbocycles. The first-order valence-electron chi connectivity index (χ1n) is 26.5. The molecule has 0 spiro atoms. The third-order valence-electron chi connectivity index (χ3n) is 15.1. The van der Waals surface area contributed by atoms with Gasteiger partial charge in [-0.2, -0.15) is 0 Å². The Balaban J connectivity index is 0.786. The van der Waals surface area contributed by atoms with E-state index in [0.717, 1.165) is 5.56 Å². The second kappa shape index (κ2) is 24.0. The van der Waals surface area contributed by atoms with Crippen molar-refractivity contribution in [2.75, 3.05) is 39.5 Å². The molecule has 22 nitrogen and oxygen atoms in total. The molecule has 4 aliphatic rings. The number of imide groups is 1. The SMILES string of the molecule is CC[C@@]1(O)C(=O)OCc2c1cc1n(c2=O)Cc2c-1nc1cc(F)c(C)c3c1c2[C@@H](NC(=O)COCNC(=O)CNC(=O)C(Cc1ccccc1)NC(=O)CNC(=O)CNC(=O)CCCCCN1C(=O)CC(C(C)(C)C)C1=O)CC3. The molecule has 0 bridgehead atoms. The number of nitrogens with zero attached hydrogens (tertiary/aromatic N) is 3. The van der Waals surface area contributed by atoms with Gasteiger partial charge in [0.15, 0.2) is 5.60 Å². The summed E-state index contributed by atoms with van der Waals surface area (Å²) in [4.78, 5) is 136. The van der Waals surface area contributed by atoms with E-state index in [4.69, 9.17) is 14.5 Å². The first kappa shape index (κ1) is 57.3. The van der Waals surface area contributed by atoms with E-state index in [9.17, 15) is 53.1 Å². The van der Waals surface area contributed by atoms with Crippen LogP contribution in [0.3, 0.4) is 0 Å². The summed E-state index contributed by atoms with van der Waals surface area (Å²) in [5, 5.41) is 27.5. The molecule has 4 atom stereocenters. The van der Waals surface area contributed by atoms with Crippen molar-refractivity contribution < 1.29 is 62.1 Å². The molecule has 79 heavy (non-hydrogen) atoms. The van der Waals surface area contributed by atoms with Crippen LogP contribution in [0.1, 0.15) is 118 Å². The summed E-state index contributed by atoms with van der Waals surface area (Å²) in [7, 11) is 0. The lowest BCUT2D eigenvalue weighted by Crippen LogP contribution is -2.52. The molecule has 0 saturated carbocycles. The number of nitrogens with one attached hydrogen (secondary N) is 6. The van der Waals surface area contributed by atoms with E-state index in [1.54, 1.807) is 50.2 Å². The molecule has 5 heterocycles. The number of amides is 8. The van der Waals surface area contributed by atoms with Crippen LogP contribution < -0.4 is 37.5 Å². The molecule has 7 N–H and O–H groups in total. The molecule has 8 amide bonds. The average molecular weight is 1090 g/mol. The maximum Gasteiger partial charge on any atom is 0.343 e. The second-order valence-corrected chi connectivity index (χ2v) is 21.5. The van der Waals surface area contributed by atoms with E-state index in [-0.39, 0.29) is 79.7 Å². The van der Waals surface area contributed by atoms with Crippen LogP contribution in [0, 0.1) is 24.1 Å². The molecule has 2 aromatic heterocycles. The van der Waals surface area contributed by atoms with E-state index in [2.05, 4.69) is 31.9 Å². The molecule has 1 fully saturated rings. The summed E-state index contributed by atoms with van der Waals surface area (Å²) in [5.74, 6) is -5.73. The number of cyclic esters (lactones) is 1. The van der Waals surface area contributed by atoms with Crippen molar-refractivity contribution >= 4 is 64.1 Å². The summed E-state index contributed by atoms with van der Waals surface area (Å²) < 4.78 is 27.6. The van der Waals surface area contributed by atoms with Gasteiger partial charge in [-0.3, -0.25) is 48.1 Å². The number of likely N-dealkylation sites (tertiary alicyclic amines) is 1. The molecule has 23 heteroatoms. The Morgan fingerprint density at radius 3 is 2.32 bits per heavy atom. The molecule has 3 aliphatic heterocycles. The number of benzene rings is 2. The van der Waals surface area contributed by atoms with Gasteiger partial charge in [0.1, 0.15) is 31.8 Å². The number of aromatic nitrogens is 2. The predicted octanol–water partition coefficient (Wildman–Crippen LogP) is 1.78. The molecule has 2 unspecified atom stereocenters. The van der Waals surface area contributed by atoms with Gasteiger partial charge >= 0.3 is 5.97 Å². The van der Waals surface area contributed by atoms with Gasteiger partial charge in [-0.15, -0.1) is 0 Å². The van der Waals surface area contributed by atoms with Gasteiger partial charge in [-0.25, -0.2) is 14.2 Å². The summed E-state index contributed by atoms with van der Waals surface area (Å²) in [5.41, 5.74) is 1.53. The molecule has 2 aromatic carbocycles. The van der Waals surface area contributed by atoms with Crippen LogP contribution >= 0.6 is 0 Å². The third-order valence-corrected chi connectivity index (χ3v) is 15.1. The summed E-state index contributed by atoms with van der Waals surface area (Å²) in [6, 6.07) is 9.85. The van der Waals surface area contributed by atoms with Crippen LogP contribution in [0.4, 0.5) is 4.39 Å². The highest BCUT2D eigenvalue weighted by atomic mass is 19.1. The fraction of sp³-hybridized carbons (Fsp3) is 0.482. The minimum atomic E-state index is -2.05. The van der Waals surface area contributed by atoms with Gasteiger partial charge in [-0.1, -0.05) is 64.4 Å². The maximum absolute atomic E-state index is 15.4. The molecule has 1 saturated heterocycles. The number of rotatable bonds is 22. The number of unbranched alkanes of at least 4 members (excludes halogenated alkanes) is 2. The van der Waals surface area contributed by atoms with Gasteiger partial charge in [0, 0.05) is 48.4 Å². The molecular weight excluding hydrogens is 1030 g/mol. The first-order valence-corrected chi connectivity index (χ1v) is 26.5. The van der Waals surface area contributed by atoms with Crippen LogP contribution in [0.15, 0.2) is 47.3 Å². The van der Waals surface area contributed by atoms with Crippen molar-refractivity contribution in [2.45, 2.75) is 123 Å². The smallest absolute Gasteiger partial charge is 0.343 e. The number of pyridine rings is 2. The Hall–Kier alpha value is -7.92. The highest BCUT2D eigenvalue weighted by Gasteiger charge is 2.47. The van der Waals surface area contributed by atoms with Crippen LogP contribution in [-0.2, 0) is 84.2 Å². The highest BCUT2D eigenvalue weighted by Crippen LogP contribution is 2.46. The van der Waals surface area contributed by atoms with Gasteiger partial charge in [0.05, 0.1) is 60.6 Å². The monoisotopic (exact) mass is 1090 g/mol. The minimum Gasteiger partial charge on any atom is -0.458 e. The fourth-order valence-electron chi connectivity index (χ4n) is 10.7. The van der Waals surface area contributed by atoms with Crippen molar-refractivity contribution in [3.05, 3.63) is 97.6 Å². The van der Waals surface area contributed by atoms with Crippen LogP contribution in [0.5, 0.6) is 0 Å². The molecule has 0 radical (unpaired) electrons. The largest absolute Gasteiger partial charge is 0.458 e. The van der Waals surface area contributed by atoms with E-state index in [1.807, 2.05) is 20.8 Å². The molecule has 8 rings (SSSR count). The number of carbonyl (C=O) groups is 9. The summed E-state index contributed by atoms with van der Waals surface area (Å²) >= 11 is 0.